The molecule has 0 bridgehead atoms. The Bertz CT molecular complexity index is 4450. The Morgan fingerprint density at radius 3 is 1.70 bits per heavy atom. The molecule has 0 saturated heterocycles. The number of amidine groups is 1. The molecule has 1 unspecified atom stereocenters. The van der Waals surface area contributed by atoms with Gasteiger partial charge in [0.05, 0.1) is 11.0 Å². The van der Waals surface area contributed by atoms with E-state index in [0.717, 1.165) is 38.6 Å². The summed E-state index contributed by atoms with van der Waals surface area (Å²) >= 11 is -0.664. The van der Waals surface area contributed by atoms with Gasteiger partial charge in [0.2, 0.25) is 0 Å². The first-order chi connectivity index (χ1) is 34.7. The molecule has 14 rings (SSSR count). The Kier molecular flexibility index (Phi) is 9.57. The van der Waals surface area contributed by atoms with Crippen molar-refractivity contribution in [2.75, 3.05) is 0 Å². The molecule has 0 fully saturated rings. The predicted octanol–water partition coefficient (Wildman–Crippen LogP) is 10.6. The van der Waals surface area contributed by atoms with Gasteiger partial charge in [-0.15, -0.1) is 0 Å². The van der Waals surface area contributed by atoms with Crippen LogP contribution < -0.4 is 35.7 Å². The Balaban J connectivity index is 0.953. The summed E-state index contributed by atoms with van der Waals surface area (Å²) in [7, 11) is 0. The average Bonchev–Trinajstić information content (AvgIpc) is 3.92. The van der Waals surface area contributed by atoms with Gasteiger partial charge in [0.25, 0.3) is 0 Å². The van der Waals surface area contributed by atoms with Gasteiger partial charge in [-0.05, 0) is 29.0 Å². The third-order valence-corrected chi connectivity index (χ3v) is 16.7. The maximum atomic E-state index is 7.31. The Labute approximate surface area is 414 Å². The number of aromatic nitrogens is 2. The molecule has 0 aliphatic rings. The number of hydrogen-bond donors (Lipinski definition) is 3. The molecule has 1 atom stereocenters. The molecule has 14 aromatic rings. The van der Waals surface area contributed by atoms with Gasteiger partial charge in [-0.2, -0.15) is 0 Å². The second-order valence-corrected chi connectivity index (χ2v) is 20.5. The van der Waals surface area contributed by atoms with E-state index in [2.05, 4.69) is 254 Å². The molecular weight excluding hydrogens is 966 g/mol. The van der Waals surface area contributed by atoms with E-state index in [1.54, 1.807) is 0 Å². The van der Waals surface area contributed by atoms with E-state index in [1.165, 1.54) is 84.9 Å². The van der Waals surface area contributed by atoms with Crippen molar-refractivity contribution in [1.82, 2.24) is 12.7 Å². The Morgan fingerprint density at radius 2 is 0.943 bits per heavy atom. The van der Waals surface area contributed by atoms with Crippen LogP contribution in [-0.4, -0.2) is 15.0 Å². The van der Waals surface area contributed by atoms with Gasteiger partial charge < -0.3 is 4.57 Å². The summed E-state index contributed by atoms with van der Waals surface area (Å²) in [5.41, 5.74) is 16.4. The molecule has 0 aliphatic carbocycles. The summed E-state index contributed by atoms with van der Waals surface area (Å²) in [6.45, 7) is 0. The van der Waals surface area contributed by atoms with Crippen LogP contribution in [0.5, 0.6) is 0 Å². The van der Waals surface area contributed by atoms with Gasteiger partial charge >= 0.3 is 283 Å². The summed E-state index contributed by atoms with van der Waals surface area (Å²) in [4.78, 5) is 3.80. The van der Waals surface area contributed by atoms with Gasteiger partial charge in [-0.3, -0.25) is 0 Å². The van der Waals surface area contributed by atoms with Crippen molar-refractivity contribution in [3.05, 3.63) is 251 Å². The second-order valence-electron chi connectivity index (χ2n) is 18.2. The standard InChI is InChI=1S/C64H43IN5/c66-63(67-64(40-18-2-1-3-19-40)68-65-55-37-43-22-6-8-24-45(43)47-26-10-12-28-49(47)55)52-34-35-58(50-29-13-11-27-48(50)52)69-57-33-17-15-31-53(57)61-60(69)39-44-23-7-9-25-46(44)62(61)70-56-32-16-14-30-51(56)54-36-41-20-4-5-21-42(41)38-59(54)70/h1-39,64,68H,(H2,66,67)/q-1/p+1. The van der Waals surface area contributed by atoms with Crippen molar-refractivity contribution in [1.29, 1.82) is 0 Å². The van der Waals surface area contributed by atoms with E-state index in [-0.39, 0.29) is 6.17 Å². The number of hydrogen-bond acceptors (Lipinski definition) is 1. The normalized spacial score (nSPS) is 12.8. The third-order valence-electron chi connectivity index (χ3n) is 14.3. The van der Waals surface area contributed by atoms with Crippen molar-refractivity contribution in [3.8, 4) is 11.4 Å². The summed E-state index contributed by atoms with van der Waals surface area (Å²) < 4.78 is 10.3. The van der Waals surface area contributed by atoms with Crippen LogP contribution in [0.25, 0.3) is 109 Å². The number of benzene rings is 12. The van der Waals surface area contributed by atoms with E-state index in [0.29, 0.717) is 5.84 Å². The molecule has 2 aromatic heterocycles. The fourth-order valence-corrected chi connectivity index (χ4v) is 13.5. The van der Waals surface area contributed by atoms with Crippen molar-refractivity contribution >= 4 is 103 Å². The van der Waals surface area contributed by atoms with Crippen LogP contribution in [0.2, 0.25) is 0 Å². The van der Waals surface area contributed by atoms with Crippen molar-refractivity contribution in [2.24, 2.45) is 5.73 Å². The van der Waals surface area contributed by atoms with E-state index in [4.69, 9.17) is 5.73 Å². The molecule has 0 saturated carbocycles. The zero-order chi connectivity index (χ0) is 46.3. The number of nitrogen functional groups attached to an aromatic ring is 1. The van der Waals surface area contributed by atoms with Gasteiger partial charge in [-0.25, -0.2) is 0 Å². The number of rotatable bonds is 8. The molecule has 70 heavy (non-hydrogen) atoms. The molecular formula is C64H44IN5. The molecule has 4 N–H and O–H groups in total. The van der Waals surface area contributed by atoms with Gasteiger partial charge in [0.15, 0.2) is 0 Å². The zero-order valence-corrected chi connectivity index (χ0v) is 40.1. The van der Waals surface area contributed by atoms with Crippen LogP contribution in [-0.2, 0) is 0 Å². The van der Waals surface area contributed by atoms with E-state index in [9.17, 15) is 0 Å². The van der Waals surface area contributed by atoms with Crippen molar-refractivity contribution < 1.29 is 26.5 Å². The zero-order valence-electron chi connectivity index (χ0n) is 37.9. The number of halogens is 1. The van der Waals surface area contributed by atoms with Crippen LogP contribution in [0.15, 0.2) is 237 Å². The minimum absolute atomic E-state index is 0.222. The fourth-order valence-electron chi connectivity index (χ4n) is 11.1. The Morgan fingerprint density at radius 1 is 0.400 bits per heavy atom. The first kappa shape index (κ1) is 40.7. The molecule has 332 valence electrons. The van der Waals surface area contributed by atoms with Crippen molar-refractivity contribution in [3.63, 3.8) is 0 Å². The summed E-state index contributed by atoms with van der Waals surface area (Å²) in [6, 6.07) is 86.1. The van der Waals surface area contributed by atoms with Crippen LogP contribution >= 0.6 is 0 Å². The van der Waals surface area contributed by atoms with Gasteiger partial charge in [0, 0.05) is 16.2 Å². The Hall–Kier alpha value is -8.30. The summed E-state index contributed by atoms with van der Waals surface area (Å²) in [5, 5.41) is 17.1. The van der Waals surface area contributed by atoms with Gasteiger partial charge in [-0.1, -0.05) is 72.8 Å². The maximum absolute atomic E-state index is 7.31. The average molecular weight is 1010 g/mol. The number of nitrogens with one attached hydrogen (secondary N) is 2. The summed E-state index contributed by atoms with van der Waals surface area (Å²) in [6.07, 6.45) is -0.222. The number of nitrogens with zero attached hydrogens (tertiary/aromatic N) is 2. The van der Waals surface area contributed by atoms with Crippen LogP contribution in [0.4, 0.5) is 0 Å². The molecule has 2 heterocycles. The number of nitrogens with two attached hydrogens (primary N) is 1. The number of fused-ring (bicyclic) bond motifs is 12. The first-order valence-electron chi connectivity index (χ1n) is 23.8. The third kappa shape index (κ3) is 6.44. The van der Waals surface area contributed by atoms with Crippen LogP contribution in [0, 0.1) is 3.57 Å². The first-order valence-corrected chi connectivity index (χ1v) is 26.0. The topological polar surface area (TPSA) is 61.9 Å². The van der Waals surface area contributed by atoms with Crippen molar-refractivity contribution in [2.45, 2.75) is 6.17 Å². The van der Waals surface area contributed by atoms with E-state index < -0.39 is 21.5 Å². The molecule has 0 aliphatic heterocycles. The molecule has 6 heteroatoms. The predicted molar refractivity (Wildman–Crippen MR) is 289 cm³/mol. The molecule has 12 aromatic carbocycles. The van der Waals surface area contributed by atoms with Gasteiger partial charge in [0.1, 0.15) is 0 Å². The van der Waals surface area contributed by atoms with E-state index >= 15 is 0 Å². The SMILES string of the molecule is NC(=[NH+]C(N[I-]c1cc2ccccc2c2ccccc12)c1ccccc1)c1ccc(-n2c3ccccc3c3c(-n4c5ccccc5c5cc6ccccc6cc54)c4ccccc4cc32)c2ccccc12. The fraction of sp³-hybridized carbons (Fsp3) is 0.0156. The minimum atomic E-state index is -0.664. The molecule has 5 nitrogen and oxygen atoms in total. The quantitative estimate of drug-likeness (QED) is 0.0355. The number of para-hydroxylation sites is 2. The molecule has 0 amide bonds. The van der Waals surface area contributed by atoms with Crippen LogP contribution in [0.3, 0.4) is 0 Å². The summed E-state index contributed by atoms with van der Waals surface area (Å²) in [5.74, 6) is 0.617. The van der Waals surface area contributed by atoms with E-state index in [1.807, 2.05) is 0 Å². The monoisotopic (exact) mass is 1010 g/mol. The second kappa shape index (κ2) is 16.4. The molecule has 0 radical (unpaired) electrons. The molecule has 0 spiro atoms. The van der Waals surface area contributed by atoms with Crippen LogP contribution in [0.1, 0.15) is 17.3 Å².